The minimum Gasteiger partial charge on any atom is -0.308 e. The minimum absolute atomic E-state index is 0.318. The van der Waals surface area contributed by atoms with E-state index in [1.165, 1.54) is 10.8 Å². The maximum atomic E-state index is 12.3. The minimum atomic E-state index is -0.370. The van der Waals surface area contributed by atoms with E-state index in [-0.39, 0.29) is 11.7 Å². The fourth-order valence-electron chi connectivity index (χ4n) is 3.03. The lowest BCUT2D eigenvalue weighted by molar-refractivity contribution is 0.262. The summed E-state index contributed by atoms with van der Waals surface area (Å²) < 4.78 is 3.26. The number of nitrogens with zero attached hydrogens (tertiary/aromatic N) is 4. The largest absolute Gasteiger partial charge is 0.347 e. The molecule has 8 nitrogen and oxygen atoms in total. The van der Waals surface area contributed by atoms with Crippen LogP contribution in [0.15, 0.2) is 90.2 Å². The zero-order valence-corrected chi connectivity index (χ0v) is 16.1. The average Bonchev–Trinajstić information content (AvgIpc) is 3.17. The van der Waals surface area contributed by atoms with Crippen LogP contribution in [-0.4, -0.2) is 25.4 Å². The van der Waals surface area contributed by atoms with Crippen molar-refractivity contribution >= 4 is 17.4 Å². The first kappa shape index (κ1) is 19.1. The predicted molar refractivity (Wildman–Crippen MR) is 114 cm³/mol. The zero-order chi connectivity index (χ0) is 20.8. The topological polar surface area (TPSA) is 93.8 Å². The number of benzene rings is 2. The number of hydrogen-bond acceptors (Lipinski definition) is 4. The molecule has 2 aromatic carbocycles. The van der Waals surface area contributed by atoms with Gasteiger partial charge in [-0.05, 0) is 29.3 Å². The van der Waals surface area contributed by atoms with Gasteiger partial charge in [0.1, 0.15) is 0 Å². The molecule has 4 aromatic rings. The molecule has 0 atom stereocenters. The van der Waals surface area contributed by atoms with Gasteiger partial charge in [-0.3, -0.25) is 9.25 Å². The van der Waals surface area contributed by atoms with Crippen LogP contribution in [0, 0.1) is 0 Å². The highest BCUT2D eigenvalue weighted by Crippen LogP contribution is 2.13. The maximum absolute atomic E-state index is 12.3. The molecule has 0 radical (unpaired) electrons. The second-order valence-electron chi connectivity index (χ2n) is 6.72. The van der Waals surface area contributed by atoms with E-state index in [2.05, 4.69) is 20.7 Å². The lowest BCUT2D eigenvalue weighted by atomic mass is 10.2. The molecule has 0 spiro atoms. The lowest BCUT2D eigenvalue weighted by Crippen LogP contribution is -2.22. The Labute approximate surface area is 172 Å². The SMILES string of the molecule is O=C(Nc1cccc(Cn2cccnc2=O)c1)Nc1cnn(Cc2ccccc2)c1. The monoisotopic (exact) mass is 400 g/mol. The number of carbonyl (C=O) groups is 1. The molecule has 0 saturated carbocycles. The second kappa shape index (κ2) is 8.87. The molecular weight excluding hydrogens is 380 g/mol. The fraction of sp³-hybridized carbons (Fsp3) is 0.0909. The summed E-state index contributed by atoms with van der Waals surface area (Å²) in [4.78, 5) is 27.9. The van der Waals surface area contributed by atoms with E-state index in [4.69, 9.17) is 0 Å². The Hall–Kier alpha value is -4.20. The summed E-state index contributed by atoms with van der Waals surface area (Å²) in [6.07, 6.45) is 6.52. The summed E-state index contributed by atoms with van der Waals surface area (Å²) in [5.74, 6) is 0. The summed E-state index contributed by atoms with van der Waals surface area (Å²) in [6.45, 7) is 0.996. The van der Waals surface area contributed by atoms with Crippen molar-refractivity contribution in [2.75, 3.05) is 10.6 Å². The Kier molecular flexibility index (Phi) is 5.66. The molecule has 30 heavy (non-hydrogen) atoms. The third-order valence-corrected chi connectivity index (χ3v) is 4.40. The first-order valence-corrected chi connectivity index (χ1v) is 9.40. The molecule has 0 aliphatic heterocycles. The molecule has 0 unspecified atom stereocenters. The molecule has 2 heterocycles. The van der Waals surface area contributed by atoms with Gasteiger partial charge in [-0.25, -0.2) is 14.6 Å². The summed E-state index contributed by atoms with van der Waals surface area (Å²) in [5.41, 5.74) is 2.90. The van der Waals surface area contributed by atoms with E-state index in [0.29, 0.717) is 24.5 Å². The smallest absolute Gasteiger partial charge is 0.308 e. The van der Waals surface area contributed by atoms with Crippen molar-refractivity contribution in [2.45, 2.75) is 13.1 Å². The standard InChI is InChI=1S/C22H20N6O2/c29-21(26-20-13-24-28(16-20)15-17-6-2-1-3-7-17)25-19-9-4-8-18(12-19)14-27-11-5-10-23-22(27)30/h1-13,16H,14-15H2,(H2,25,26,29). The van der Waals surface area contributed by atoms with Gasteiger partial charge in [0.15, 0.2) is 0 Å². The van der Waals surface area contributed by atoms with Crippen molar-refractivity contribution in [3.63, 3.8) is 0 Å². The summed E-state index contributed by atoms with van der Waals surface area (Å²) in [5, 5.41) is 9.85. The van der Waals surface area contributed by atoms with E-state index in [0.717, 1.165) is 11.1 Å². The number of anilines is 2. The van der Waals surface area contributed by atoms with Crippen LogP contribution in [0.5, 0.6) is 0 Å². The van der Waals surface area contributed by atoms with Crippen molar-refractivity contribution in [2.24, 2.45) is 0 Å². The summed E-state index contributed by atoms with van der Waals surface area (Å²) in [6, 6.07) is 18.6. The summed E-state index contributed by atoms with van der Waals surface area (Å²) in [7, 11) is 0. The zero-order valence-electron chi connectivity index (χ0n) is 16.1. The van der Waals surface area contributed by atoms with E-state index < -0.39 is 0 Å². The van der Waals surface area contributed by atoms with E-state index >= 15 is 0 Å². The Morgan fingerprint density at radius 3 is 2.53 bits per heavy atom. The Balaban J connectivity index is 1.36. The van der Waals surface area contributed by atoms with Crippen molar-refractivity contribution in [1.82, 2.24) is 19.3 Å². The first-order chi connectivity index (χ1) is 14.7. The van der Waals surface area contributed by atoms with Crippen LogP contribution in [0.1, 0.15) is 11.1 Å². The van der Waals surface area contributed by atoms with Gasteiger partial charge >= 0.3 is 11.7 Å². The van der Waals surface area contributed by atoms with Crippen molar-refractivity contribution in [1.29, 1.82) is 0 Å². The molecule has 2 aromatic heterocycles. The van der Waals surface area contributed by atoms with Gasteiger partial charge in [-0.15, -0.1) is 0 Å². The number of aromatic nitrogens is 4. The second-order valence-corrected chi connectivity index (χ2v) is 6.72. The van der Waals surface area contributed by atoms with Crippen LogP contribution in [0.25, 0.3) is 0 Å². The van der Waals surface area contributed by atoms with E-state index in [1.54, 1.807) is 35.4 Å². The normalized spacial score (nSPS) is 10.5. The molecule has 8 heteroatoms. The molecule has 0 aliphatic carbocycles. The number of carbonyl (C=O) groups excluding carboxylic acids is 1. The number of urea groups is 1. The van der Waals surface area contributed by atoms with Gasteiger partial charge < -0.3 is 10.6 Å². The molecular formula is C22H20N6O2. The van der Waals surface area contributed by atoms with Gasteiger partial charge in [-0.1, -0.05) is 42.5 Å². The first-order valence-electron chi connectivity index (χ1n) is 9.40. The van der Waals surface area contributed by atoms with Crippen LogP contribution in [-0.2, 0) is 13.1 Å². The average molecular weight is 400 g/mol. The molecule has 0 bridgehead atoms. The molecule has 0 aliphatic rings. The van der Waals surface area contributed by atoms with Crippen molar-refractivity contribution < 1.29 is 4.79 Å². The Bertz CT molecular complexity index is 1200. The number of amides is 2. The van der Waals surface area contributed by atoms with Crippen LogP contribution in [0.3, 0.4) is 0 Å². The molecule has 0 saturated heterocycles. The van der Waals surface area contributed by atoms with Crippen LogP contribution in [0.4, 0.5) is 16.2 Å². The molecule has 0 fully saturated rings. The van der Waals surface area contributed by atoms with Crippen LogP contribution in [0.2, 0.25) is 0 Å². The van der Waals surface area contributed by atoms with Gasteiger partial charge in [0, 0.05) is 24.3 Å². The molecule has 2 amide bonds. The van der Waals surface area contributed by atoms with Gasteiger partial charge in [0.2, 0.25) is 0 Å². The maximum Gasteiger partial charge on any atom is 0.347 e. The highest BCUT2D eigenvalue weighted by Gasteiger charge is 2.06. The molecule has 2 N–H and O–H groups in total. The van der Waals surface area contributed by atoms with Gasteiger partial charge in [0.05, 0.1) is 25.0 Å². The van der Waals surface area contributed by atoms with E-state index in [9.17, 15) is 9.59 Å². The fourth-order valence-corrected chi connectivity index (χ4v) is 3.03. The van der Waals surface area contributed by atoms with Crippen molar-refractivity contribution in [3.05, 3.63) is 107 Å². The lowest BCUT2D eigenvalue weighted by Gasteiger charge is -2.09. The highest BCUT2D eigenvalue weighted by atomic mass is 16.2. The number of rotatable bonds is 6. The quantitative estimate of drug-likeness (QED) is 0.520. The number of hydrogen-bond donors (Lipinski definition) is 2. The van der Waals surface area contributed by atoms with Gasteiger partial charge in [0.25, 0.3) is 0 Å². The van der Waals surface area contributed by atoms with Gasteiger partial charge in [-0.2, -0.15) is 5.10 Å². The molecule has 4 rings (SSSR count). The third kappa shape index (κ3) is 4.99. The van der Waals surface area contributed by atoms with E-state index in [1.807, 2.05) is 48.5 Å². The summed E-state index contributed by atoms with van der Waals surface area (Å²) >= 11 is 0. The van der Waals surface area contributed by atoms with Crippen LogP contribution < -0.4 is 16.3 Å². The molecule has 150 valence electrons. The highest BCUT2D eigenvalue weighted by molar-refractivity contribution is 5.99. The van der Waals surface area contributed by atoms with Crippen LogP contribution >= 0.6 is 0 Å². The Morgan fingerprint density at radius 1 is 0.900 bits per heavy atom. The predicted octanol–water partition coefficient (Wildman–Crippen LogP) is 3.18. The Morgan fingerprint density at radius 2 is 1.70 bits per heavy atom. The third-order valence-electron chi connectivity index (χ3n) is 4.40. The van der Waals surface area contributed by atoms with Crippen molar-refractivity contribution in [3.8, 4) is 0 Å². The number of nitrogens with one attached hydrogen (secondary N) is 2.